The second-order valence-electron chi connectivity index (χ2n) is 4.46. The fraction of sp³-hybridized carbons (Fsp3) is 0.364. The van der Waals surface area contributed by atoms with E-state index in [0.29, 0.717) is 0 Å². The van der Waals surface area contributed by atoms with Crippen molar-refractivity contribution in [3.05, 3.63) is 28.5 Å². The Morgan fingerprint density at radius 1 is 1.41 bits per heavy atom. The van der Waals surface area contributed by atoms with Crippen LogP contribution in [0.15, 0.2) is 22.9 Å². The second-order valence-corrected chi connectivity index (χ2v) is 5.37. The van der Waals surface area contributed by atoms with Crippen molar-refractivity contribution in [1.29, 1.82) is 0 Å². The Balaban J connectivity index is 2.20. The molecular weight excluding hydrogens is 286 g/mol. The maximum atomic E-state index is 11.9. The summed E-state index contributed by atoms with van der Waals surface area (Å²) in [4.78, 5) is 28.8. The van der Waals surface area contributed by atoms with Crippen LogP contribution in [0.5, 0.6) is 0 Å². The van der Waals surface area contributed by atoms with E-state index in [-0.39, 0.29) is 18.5 Å². The molecule has 5 nitrogen and oxygen atoms in total. The summed E-state index contributed by atoms with van der Waals surface area (Å²) in [6, 6.07) is 1.47. The van der Waals surface area contributed by atoms with Gasteiger partial charge in [0.1, 0.15) is 5.54 Å². The fourth-order valence-corrected chi connectivity index (χ4v) is 2.10. The zero-order valence-corrected chi connectivity index (χ0v) is 11.1. The minimum Gasteiger partial charge on any atom is -0.324 e. The van der Waals surface area contributed by atoms with Crippen molar-refractivity contribution < 1.29 is 9.59 Å². The molecule has 1 fully saturated rings. The highest BCUT2D eigenvalue weighted by Crippen LogP contribution is 2.20. The van der Waals surface area contributed by atoms with E-state index in [1.165, 1.54) is 4.90 Å². The molecule has 1 aliphatic heterocycles. The van der Waals surface area contributed by atoms with Crippen LogP contribution in [-0.2, 0) is 11.3 Å². The van der Waals surface area contributed by atoms with Gasteiger partial charge in [-0.25, -0.2) is 4.79 Å². The van der Waals surface area contributed by atoms with Gasteiger partial charge >= 0.3 is 6.03 Å². The number of nitrogens with one attached hydrogen (secondary N) is 1. The average molecular weight is 298 g/mol. The smallest absolute Gasteiger partial charge is 0.324 e. The monoisotopic (exact) mass is 297 g/mol. The van der Waals surface area contributed by atoms with Crippen LogP contribution in [0, 0.1) is 0 Å². The molecular formula is C11H12BrN3O2. The van der Waals surface area contributed by atoms with Crippen molar-refractivity contribution >= 4 is 27.9 Å². The van der Waals surface area contributed by atoms with E-state index < -0.39 is 5.54 Å². The van der Waals surface area contributed by atoms with Crippen molar-refractivity contribution in [1.82, 2.24) is 15.2 Å². The first-order valence-electron chi connectivity index (χ1n) is 5.14. The normalized spacial score (nSPS) is 18.4. The molecule has 3 amide bonds. The zero-order valence-electron chi connectivity index (χ0n) is 9.53. The Bertz CT molecular complexity index is 487. The van der Waals surface area contributed by atoms with Crippen molar-refractivity contribution in [3.8, 4) is 0 Å². The fourth-order valence-electron chi connectivity index (χ4n) is 1.69. The first-order chi connectivity index (χ1) is 7.90. The minimum atomic E-state index is -0.823. The standard InChI is InChI=1S/C11H12BrN3O2/c1-11(2)9(16)15(10(17)14-11)6-7-3-8(12)5-13-4-7/h3-5H,6H2,1-2H3,(H,14,17). The Kier molecular flexibility index (Phi) is 2.91. The Labute approximate surface area is 107 Å². The number of hydrogen-bond acceptors (Lipinski definition) is 3. The van der Waals surface area contributed by atoms with Crippen LogP contribution in [0.25, 0.3) is 0 Å². The number of carbonyl (C=O) groups excluding carboxylic acids is 2. The Morgan fingerprint density at radius 3 is 2.65 bits per heavy atom. The lowest BCUT2D eigenvalue weighted by atomic mass is 10.1. The number of pyridine rings is 1. The molecule has 0 aromatic carbocycles. The summed E-state index contributed by atoms with van der Waals surface area (Å²) in [7, 11) is 0. The highest BCUT2D eigenvalue weighted by molar-refractivity contribution is 9.10. The van der Waals surface area contributed by atoms with Gasteiger partial charge in [-0.3, -0.25) is 14.7 Å². The van der Waals surface area contributed by atoms with Gasteiger partial charge in [-0.15, -0.1) is 0 Å². The predicted octanol–water partition coefficient (Wildman–Crippen LogP) is 1.67. The number of nitrogens with zero attached hydrogens (tertiary/aromatic N) is 2. The molecule has 90 valence electrons. The number of aromatic nitrogens is 1. The van der Waals surface area contributed by atoms with Gasteiger partial charge in [-0.05, 0) is 41.4 Å². The summed E-state index contributed by atoms with van der Waals surface area (Å²) in [5.41, 5.74) is -0.0168. The summed E-state index contributed by atoms with van der Waals surface area (Å²) >= 11 is 3.30. The van der Waals surface area contributed by atoms with Crippen LogP contribution in [0.4, 0.5) is 4.79 Å². The van der Waals surface area contributed by atoms with E-state index in [2.05, 4.69) is 26.2 Å². The topological polar surface area (TPSA) is 62.3 Å². The molecule has 1 aliphatic rings. The first kappa shape index (κ1) is 12.0. The highest BCUT2D eigenvalue weighted by atomic mass is 79.9. The molecule has 0 atom stereocenters. The van der Waals surface area contributed by atoms with Gasteiger partial charge in [-0.2, -0.15) is 0 Å². The van der Waals surface area contributed by atoms with Gasteiger partial charge in [-0.1, -0.05) is 0 Å². The zero-order chi connectivity index (χ0) is 12.6. The molecule has 6 heteroatoms. The number of carbonyl (C=O) groups is 2. The molecule has 17 heavy (non-hydrogen) atoms. The molecule has 0 bridgehead atoms. The lowest BCUT2D eigenvalue weighted by Crippen LogP contribution is -2.40. The number of hydrogen-bond donors (Lipinski definition) is 1. The third-order valence-corrected chi connectivity index (χ3v) is 2.98. The number of urea groups is 1. The molecule has 0 unspecified atom stereocenters. The second kappa shape index (κ2) is 4.10. The quantitative estimate of drug-likeness (QED) is 0.845. The highest BCUT2D eigenvalue weighted by Gasteiger charge is 2.44. The lowest BCUT2D eigenvalue weighted by Gasteiger charge is -2.15. The van der Waals surface area contributed by atoms with Crippen LogP contribution in [0.2, 0.25) is 0 Å². The van der Waals surface area contributed by atoms with Crippen molar-refractivity contribution in [2.75, 3.05) is 0 Å². The maximum Gasteiger partial charge on any atom is 0.325 e. The van der Waals surface area contributed by atoms with Gasteiger partial charge in [0, 0.05) is 16.9 Å². The summed E-state index contributed by atoms with van der Waals surface area (Å²) in [5.74, 6) is -0.220. The van der Waals surface area contributed by atoms with Gasteiger partial charge < -0.3 is 5.32 Å². The van der Waals surface area contributed by atoms with E-state index in [1.807, 2.05) is 6.07 Å². The van der Waals surface area contributed by atoms with Gasteiger partial charge in [0.15, 0.2) is 0 Å². The van der Waals surface area contributed by atoms with E-state index in [9.17, 15) is 9.59 Å². The predicted molar refractivity (Wildman–Crippen MR) is 65.1 cm³/mol. The largest absolute Gasteiger partial charge is 0.325 e. The summed E-state index contributed by atoms with van der Waals surface area (Å²) in [6.45, 7) is 3.61. The number of imide groups is 1. The minimum absolute atomic E-state index is 0.220. The van der Waals surface area contributed by atoms with Gasteiger partial charge in [0.05, 0.1) is 6.54 Å². The van der Waals surface area contributed by atoms with Crippen LogP contribution in [0.3, 0.4) is 0 Å². The third-order valence-electron chi connectivity index (χ3n) is 2.55. The Hall–Kier alpha value is -1.43. The van der Waals surface area contributed by atoms with Crippen LogP contribution in [0.1, 0.15) is 19.4 Å². The molecule has 0 spiro atoms. The Morgan fingerprint density at radius 2 is 2.12 bits per heavy atom. The number of amides is 3. The van der Waals surface area contributed by atoms with Crippen molar-refractivity contribution in [2.24, 2.45) is 0 Å². The van der Waals surface area contributed by atoms with Crippen LogP contribution in [-0.4, -0.2) is 27.4 Å². The summed E-state index contributed by atoms with van der Waals surface area (Å²) < 4.78 is 0.821. The molecule has 2 rings (SSSR count). The van der Waals surface area contributed by atoms with Crippen LogP contribution < -0.4 is 5.32 Å². The molecule has 1 aromatic heterocycles. The lowest BCUT2D eigenvalue weighted by molar-refractivity contribution is -0.130. The molecule has 1 saturated heterocycles. The molecule has 0 saturated carbocycles. The van der Waals surface area contributed by atoms with E-state index in [4.69, 9.17) is 0 Å². The molecule has 1 aromatic rings. The first-order valence-corrected chi connectivity index (χ1v) is 5.93. The summed E-state index contributed by atoms with van der Waals surface area (Å²) in [5, 5.41) is 2.63. The third kappa shape index (κ3) is 2.31. The molecule has 2 heterocycles. The SMILES string of the molecule is CC1(C)NC(=O)N(Cc2cncc(Br)c2)C1=O. The van der Waals surface area contributed by atoms with E-state index in [1.54, 1.807) is 26.2 Å². The van der Waals surface area contributed by atoms with Crippen LogP contribution >= 0.6 is 15.9 Å². The van der Waals surface area contributed by atoms with Gasteiger partial charge in [0.2, 0.25) is 0 Å². The van der Waals surface area contributed by atoms with E-state index in [0.717, 1.165) is 10.0 Å². The maximum absolute atomic E-state index is 11.9. The molecule has 1 N–H and O–H groups in total. The summed E-state index contributed by atoms with van der Waals surface area (Å²) in [6.07, 6.45) is 3.29. The van der Waals surface area contributed by atoms with Gasteiger partial charge in [0.25, 0.3) is 5.91 Å². The molecule has 0 radical (unpaired) electrons. The molecule has 0 aliphatic carbocycles. The van der Waals surface area contributed by atoms with E-state index >= 15 is 0 Å². The number of halogens is 1. The number of rotatable bonds is 2. The average Bonchev–Trinajstić information content (AvgIpc) is 2.41. The van der Waals surface area contributed by atoms with Crippen molar-refractivity contribution in [3.63, 3.8) is 0 Å². The van der Waals surface area contributed by atoms with Crippen molar-refractivity contribution in [2.45, 2.75) is 25.9 Å².